The molecule has 2 bridgehead atoms. The van der Waals surface area contributed by atoms with Gasteiger partial charge in [-0.3, -0.25) is 0 Å². The largest absolute Gasteiger partial charge is 0.386 e. The predicted molar refractivity (Wildman–Crippen MR) is 68.0 cm³/mol. The summed E-state index contributed by atoms with van der Waals surface area (Å²) in [4.78, 5) is 0. The molecule has 0 saturated heterocycles. The first-order valence-electron chi connectivity index (χ1n) is 6.15. The number of aliphatic hydroxyl groups is 1. The van der Waals surface area contributed by atoms with Crippen LogP contribution < -0.4 is 0 Å². The predicted octanol–water partition coefficient (Wildman–Crippen LogP) is 3.33. The lowest BCUT2D eigenvalue weighted by molar-refractivity contribution is 0.0190. The Labute approximate surface area is 98.6 Å². The molecule has 1 heteroatoms. The van der Waals surface area contributed by atoms with Crippen molar-refractivity contribution < 1.29 is 5.11 Å². The van der Waals surface area contributed by atoms with Crippen molar-refractivity contribution in [2.75, 3.05) is 0 Å². The van der Waals surface area contributed by atoms with Gasteiger partial charge < -0.3 is 5.11 Å². The van der Waals surface area contributed by atoms with Crippen LogP contribution in [0.4, 0.5) is 0 Å². The molecule has 5 atom stereocenters. The van der Waals surface area contributed by atoms with Gasteiger partial charge in [-0.1, -0.05) is 29.9 Å². The maximum atomic E-state index is 10.4. The van der Waals surface area contributed by atoms with Crippen LogP contribution in [0.15, 0.2) is 36.5 Å². The Bertz CT molecular complexity index is 344. The van der Waals surface area contributed by atoms with Gasteiger partial charge in [-0.15, -0.1) is 6.58 Å². The molecule has 1 unspecified atom stereocenters. The fraction of sp³-hybridized carbons (Fsp3) is 0.600. The molecule has 0 aromatic carbocycles. The smallest absolute Gasteiger partial charge is 0.0836 e. The number of hydrogen-bond donors (Lipinski definition) is 1. The van der Waals surface area contributed by atoms with Crippen molar-refractivity contribution in [2.45, 2.75) is 32.8 Å². The van der Waals surface area contributed by atoms with Crippen molar-refractivity contribution in [1.29, 1.82) is 0 Å². The lowest BCUT2D eigenvalue weighted by Gasteiger charge is -2.36. The second-order valence-corrected chi connectivity index (χ2v) is 5.73. The summed E-state index contributed by atoms with van der Waals surface area (Å²) >= 11 is 0. The van der Waals surface area contributed by atoms with E-state index in [1.807, 2.05) is 6.92 Å². The quantitative estimate of drug-likeness (QED) is 0.720. The van der Waals surface area contributed by atoms with E-state index in [2.05, 4.69) is 38.7 Å². The molecule has 1 saturated carbocycles. The molecular weight excluding hydrogens is 196 g/mol. The Morgan fingerprint density at radius 1 is 1.38 bits per heavy atom. The van der Waals surface area contributed by atoms with Gasteiger partial charge in [0.1, 0.15) is 0 Å². The van der Waals surface area contributed by atoms with Crippen LogP contribution in [0, 0.1) is 23.7 Å². The zero-order valence-corrected chi connectivity index (χ0v) is 10.5. The van der Waals surface area contributed by atoms with Crippen LogP contribution in [-0.2, 0) is 0 Å². The summed E-state index contributed by atoms with van der Waals surface area (Å²) in [6, 6.07) is 0. The van der Waals surface area contributed by atoms with Crippen molar-refractivity contribution in [3.8, 4) is 0 Å². The summed E-state index contributed by atoms with van der Waals surface area (Å²) in [7, 11) is 0. The maximum absolute atomic E-state index is 10.4. The van der Waals surface area contributed by atoms with Crippen LogP contribution in [0.2, 0.25) is 0 Å². The number of allylic oxidation sites excluding steroid dienone is 4. The van der Waals surface area contributed by atoms with Gasteiger partial charge in [0.25, 0.3) is 0 Å². The van der Waals surface area contributed by atoms with Gasteiger partial charge in [-0.2, -0.15) is 0 Å². The highest BCUT2D eigenvalue weighted by Crippen LogP contribution is 2.53. The first kappa shape index (κ1) is 11.7. The van der Waals surface area contributed by atoms with E-state index in [1.54, 1.807) is 6.08 Å². The fourth-order valence-corrected chi connectivity index (χ4v) is 3.43. The summed E-state index contributed by atoms with van der Waals surface area (Å²) in [5.41, 5.74) is 0.594. The Balaban J connectivity index is 2.32. The lowest BCUT2D eigenvalue weighted by atomic mass is 9.72. The second kappa shape index (κ2) is 3.89. The fourth-order valence-electron chi connectivity index (χ4n) is 3.43. The van der Waals surface area contributed by atoms with Gasteiger partial charge in [0.15, 0.2) is 0 Å². The molecule has 16 heavy (non-hydrogen) atoms. The molecule has 0 spiro atoms. The van der Waals surface area contributed by atoms with E-state index in [4.69, 9.17) is 0 Å². The van der Waals surface area contributed by atoms with Crippen LogP contribution in [0.5, 0.6) is 0 Å². The van der Waals surface area contributed by atoms with Gasteiger partial charge in [-0.25, -0.2) is 0 Å². The van der Waals surface area contributed by atoms with Gasteiger partial charge in [-0.05, 0) is 44.9 Å². The molecule has 0 aliphatic heterocycles. The standard InChI is InChI=1S/C15H22O/c1-5-15(4,16)14-12-7-6-11(9-12)13(14)8-10(2)3/h5-8,11-14,16H,1,9H2,2-4H3/t11-,12+,13+,14+,15?/m1/s1. The molecule has 0 radical (unpaired) electrons. The van der Waals surface area contributed by atoms with E-state index < -0.39 is 5.60 Å². The summed E-state index contributed by atoms with van der Waals surface area (Å²) < 4.78 is 0. The average Bonchev–Trinajstić information content (AvgIpc) is 2.76. The molecule has 1 N–H and O–H groups in total. The average molecular weight is 218 g/mol. The highest BCUT2D eigenvalue weighted by molar-refractivity contribution is 5.23. The van der Waals surface area contributed by atoms with Gasteiger partial charge >= 0.3 is 0 Å². The van der Waals surface area contributed by atoms with Crippen LogP contribution in [-0.4, -0.2) is 10.7 Å². The van der Waals surface area contributed by atoms with Crippen molar-refractivity contribution >= 4 is 0 Å². The monoisotopic (exact) mass is 218 g/mol. The third-order valence-corrected chi connectivity index (χ3v) is 4.13. The molecule has 0 aromatic rings. The topological polar surface area (TPSA) is 20.2 Å². The second-order valence-electron chi connectivity index (χ2n) is 5.73. The van der Waals surface area contributed by atoms with E-state index in [0.29, 0.717) is 23.7 Å². The Hall–Kier alpha value is -0.820. The van der Waals surface area contributed by atoms with Crippen molar-refractivity contribution in [1.82, 2.24) is 0 Å². The van der Waals surface area contributed by atoms with Crippen LogP contribution in [0.25, 0.3) is 0 Å². The molecule has 1 fully saturated rings. The van der Waals surface area contributed by atoms with Crippen molar-refractivity contribution in [3.63, 3.8) is 0 Å². The molecule has 2 aliphatic rings. The van der Waals surface area contributed by atoms with E-state index in [-0.39, 0.29) is 0 Å². The van der Waals surface area contributed by atoms with Crippen molar-refractivity contribution in [3.05, 3.63) is 36.5 Å². The Morgan fingerprint density at radius 2 is 2.00 bits per heavy atom. The number of hydrogen-bond acceptors (Lipinski definition) is 1. The van der Waals surface area contributed by atoms with Crippen molar-refractivity contribution in [2.24, 2.45) is 23.7 Å². The summed E-state index contributed by atoms with van der Waals surface area (Å²) in [6.07, 6.45) is 9.84. The maximum Gasteiger partial charge on any atom is 0.0836 e. The molecule has 1 nitrogen and oxygen atoms in total. The van der Waals surface area contributed by atoms with E-state index in [0.717, 1.165) is 0 Å². The summed E-state index contributed by atoms with van der Waals surface area (Å²) in [5, 5.41) is 10.4. The molecule has 0 amide bonds. The highest BCUT2D eigenvalue weighted by atomic mass is 16.3. The molecule has 0 aromatic heterocycles. The van der Waals surface area contributed by atoms with E-state index >= 15 is 0 Å². The van der Waals surface area contributed by atoms with Gasteiger partial charge in [0.2, 0.25) is 0 Å². The summed E-state index contributed by atoms with van der Waals surface area (Å²) in [6.45, 7) is 9.94. The van der Waals surface area contributed by atoms with E-state index in [9.17, 15) is 5.11 Å². The third kappa shape index (κ3) is 1.78. The third-order valence-electron chi connectivity index (χ3n) is 4.13. The van der Waals surface area contributed by atoms with Crippen LogP contribution in [0.1, 0.15) is 27.2 Å². The van der Waals surface area contributed by atoms with Gasteiger partial charge in [0, 0.05) is 5.92 Å². The lowest BCUT2D eigenvalue weighted by Crippen LogP contribution is -2.39. The number of fused-ring (bicyclic) bond motifs is 2. The highest BCUT2D eigenvalue weighted by Gasteiger charge is 2.49. The van der Waals surface area contributed by atoms with Crippen LogP contribution >= 0.6 is 0 Å². The summed E-state index contributed by atoms with van der Waals surface area (Å²) in [5.74, 6) is 1.93. The Kier molecular flexibility index (Phi) is 2.83. The minimum absolute atomic E-state index is 0.301. The van der Waals surface area contributed by atoms with Crippen LogP contribution in [0.3, 0.4) is 0 Å². The molecule has 0 heterocycles. The van der Waals surface area contributed by atoms with Gasteiger partial charge in [0.05, 0.1) is 5.60 Å². The van der Waals surface area contributed by atoms with E-state index in [1.165, 1.54) is 12.0 Å². The number of rotatable bonds is 3. The SMILES string of the molecule is C=CC(C)(O)[C@@H]1[C@@H](C=C(C)C)[C@@H]2C=C[C@H]1C2. The molecule has 2 aliphatic carbocycles. The molecule has 88 valence electrons. The molecular formula is C15H22O. The normalized spacial score (nSPS) is 39.5. The zero-order valence-electron chi connectivity index (χ0n) is 10.5. The first-order chi connectivity index (χ1) is 7.45. The zero-order chi connectivity index (χ0) is 11.9. The first-order valence-corrected chi connectivity index (χ1v) is 6.15. The Morgan fingerprint density at radius 3 is 2.56 bits per heavy atom. The minimum atomic E-state index is -0.749. The molecule has 2 rings (SSSR count). The minimum Gasteiger partial charge on any atom is -0.386 e.